The second-order valence-corrected chi connectivity index (χ2v) is 4.64. The molecule has 1 aromatic carbocycles. The van der Waals surface area contributed by atoms with Gasteiger partial charge in [0, 0.05) is 31.1 Å². The van der Waals surface area contributed by atoms with Gasteiger partial charge in [0.05, 0.1) is 12.5 Å². The normalized spacial score (nSPS) is 28.7. The molecule has 0 spiro atoms. The summed E-state index contributed by atoms with van der Waals surface area (Å²) in [5.74, 6) is 0.431. The van der Waals surface area contributed by atoms with E-state index >= 15 is 0 Å². The molecule has 2 atom stereocenters. The molecule has 1 radical (unpaired) electrons. The zero-order valence-electron chi connectivity index (χ0n) is 9.57. The fraction of sp³-hybridized carbons (Fsp3) is 0.429. The summed E-state index contributed by atoms with van der Waals surface area (Å²) < 4.78 is 5.83. The van der Waals surface area contributed by atoms with Crippen LogP contribution < -0.4 is 4.99 Å². The van der Waals surface area contributed by atoms with Gasteiger partial charge in [0.2, 0.25) is 5.69 Å². The Bertz CT molecular complexity index is 418. The van der Waals surface area contributed by atoms with Crippen LogP contribution in [0.2, 0.25) is 0 Å². The first kappa shape index (κ1) is 10.0. The minimum Gasteiger partial charge on any atom is -0.378 e. The zero-order valence-corrected chi connectivity index (χ0v) is 9.57. The first-order valence-corrected chi connectivity index (χ1v) is 6.00. The predicted molar refractivity (Wildman–Crippen MR) is 63.8 cm³/mol. The van der Waals surface area contributed by atoms with E-state index in [9.17, 15) is 0 Å². The average Bonchev–Trinajstić information content (AvgIpc) is 2.81. The molecular weight excluding hydrogens is 198 g/mol. The monoisotopic (exact) mass is 215 g/mol. The minimum atomic E-state index is 0.373. The number of para-hydroxylation sites is 1. The SMILES string of the molecule is CC1=[NH+]c2ccccc2C(C2CCCO2)[CH]1. The van der Waals surface area contributed by atoms with Crippen molar-refractivity contribution in [1.29, 1.82) is 0 Å². The van der Waals surface area contributed by atoms with E-state index in [4.69, 9.17) is 4.74 Å². The summed E-state index contributed by atoms with van der Waals surface area (Å²) in [6.07, 6.45) is 5.06. The second-order valence-electron chi connectivity index (χ2n) is 4.64. The Balaban J connectivity index is 1.98. The van der Waals surface area contributed by atoms with Crippen molar-refractivity contribution in [2.24, 2.45) is 0 Å². The van der Waals surface area contributed by atoms with E-state index in [-0.39, 0.29) is 0 Å². The molecule has 2 heteroatoms. The lowest BCUT2D eigenvalue weighted by Crippen LogP contribution is -2.68. The van der Waals surface area contributed by atoms with Crippen LogP contribution in [0.25, 0.3) is 0 Å². The Hall–Kier alpha value is -1.15. The van der Waals surface area contributed by atoms with Gasteiger partial charge >= 0.3 is 0 Å². The fourth-order valence-electron chi connectivity index (χ4n) is 2.71. The van der Waals surface area contributed by atoms with Crippen LogP contribution in [0, 0.1) is 6.42 Å². The van der Waals surface area contributed by atoms with Crippen LogP contribution in [-0.2, 0) is 4.74 Å². The minimum absolute atomic E-state index is 0.373. The van der Waals surface area contributed by atoms with Crippen LogP contribution >= 0.6 is 0 Å². The van der Waals surface area contributed by atoms with Crippen LogP contribution in [0.5, 0.6) is 0 Å². The summed E-state index contributed by atoms with van der Waals surface area (Å²) in [6.45, 7) is 3.04. The van der Waals surface area contributed by atoms with Gasteiger partial charge in [-0.3, -0.25) is 0 Å². The Morgan fingerprint density at radius 3 is 3.00 bits per heavy atom. The second kappa shape index (κ2) is 4.02. The van der Waals surface area contributed by atoms with E-state index in [1.807, 2.05) is 0 Å². The van der Waals surface area contributed by atoms with Gasteiger partial charge < -0.3 is 4.74 Å². The first-order chi connectivity index (χ1) is 7.84. The topological polar surface area (TPSA) is 23.2 Å². The van der Waals surface area contributed by atoms with Gasteiger partial charge in [0.25, 0.3) is 0 Å². The molecule has 1 saturated heterocycles. The van der Waals surface area contributed by atoms with Crippen molar-refractivity contribution in [3.8, 4) is 0 Å². The number of benzene rings is 1. The average molecular weight is 215 g/mol. The summed E-state index contributed by atoms with van der Waals surface area (Å²) >= 11 is 0. The number of rotatable bonds is 1. The van der Waals surface area contributed by atoms with Crippen LogP contribution in [0.15, 0.2) is 24.3 Å². The number of hydrogen-bond acceptors (Lipinski definition) is 1. The highest BCUT2D eigenvalue weighted by Gasteiger charge is 2.34. The maximum Gasteiger partial charge on any atom is 0.207 e. The van der Waals surface area contributed by atoms with Gasteiger partial charge in [-0.15, -0.1) is 0 Å². The van der Waals surface area contributed by atoms with Gasteiger partial charge in [0.1, 0.15) is 0 Å². The lowest BCUT2D eigenvalue weighted by atomic mass is 9.84. The van der Waals surface area contributed by atoms with E-state index in [1.54, 1.807) is 0 Å². The number of hydrogen-bond donors (Lipinski definition) is 1. The lowest BCUT2D eigenvalue weighted by molar-refractivity contribution is -0.357. The van der Waals surface area contributed by atoms with Crippen molar-refractivity contribution in [3.05, 3.63) is 36.2 Å². The summed E-state index contributed by atoms with van der Waals surface area (Å²) in [4.78, 5) is 3.42. The third-order valence-corrected chi connectivity index (χ3v) is 3.45. The molecule has 83 valence electrons. The van der Waals surface area contributed by atoms with Crippen molar-refractivity contribution >= 4 is 11.4 Å². The van der Waals surface area contributed by atoms with Crippen LogP contribution in [0.3, 0.4) is 0 Å². The molecule has 1 fully saturated rings. The molecule has 1 N–H and O–H groups in total. The smallest absolute Gasteiger partial charge is 0.207 e. The molecule has 16 heavy (non-hydrogen) atoms. The van der Waals surface area contributed by atoms with Crippen LogP contribution in [0.1, 0.15) is 31.2 Å². The van der Waals surface area contributed by atoms with Crippen LogP contribution in [0.4, 0.5) is 5.69 Å². The Morgan fingerprint density at radius 1 is 1.31 bits per heavy atom. The summed E-state index contributed by atoms with van der Waals surface area (Å²) in [7, 11) is 0. The number of fused-ring (bicyclic) bond motifs is 1. The lowest BCUT2D eigenvalue weighted by Gasteiger charge is -2.24. The molecule has 1 aromatic rings. The van der Waals surface area contributed by atoms with Crippen molar-refractivity contribution in [3.63, 3.8) is 0 Å². The molecule has 2 aliphatic heterocycles. The number of ether oxygens (including phenoxy) is 1. The first-order valence-electron chi connectivity index (χ1n) is 6.00. The molecule has 0 saturated carbocycles. The van der Waals surface area contributed by atoms with Crippen molar-refractivity contribution in [1.82, 2.24) is 0 Å². The maximum atomic E-state index is 5.83. The van der Waals surface area contributed by atoms with Crippen molar-refractivity contribution < 1.29 is 9.73 Å². The Labute approximate surface area is 96.3 Å². The van der Waals surface area contributed by atoms with Gasteiger partial charge in [-0.1, -0.05) is 18.2 Å². The van der Waals surface area contributed by atoms with E-state index in [1.165, 1.54) is 29.8 Å². The van der Waals surface area contributed by atoms with E-state index < -0.39 is 0 Å². The van der Waals surface area contributed by atoms with E-state index in [2.05, 4.69) is 42.6 Å². The standard InChI is InChI=1S/C14H16NO/c1-10-9-12(14-7-4-8-16-14)11-5-2-3-6-13(11)15-10/h2-3,5-6,9,12,14H,4,7-8H2,1H3/p+1. The Morgan fingerprint density at radius 2 is 2.19 bits per heavy atom. The maximum absolute atomic E-state index is 5.83. The Kier molecular flexibility index (Phi) is 2.52. The van der Waals surface area contributed by atoms with Gasteiger partial charge in [0.15, 0.2) is 5.71 Å². The van der Waals surface area contributed by atoms with Gasteiger partial charge in [-0.05, 0) is 12.8 Å². The number of nitrogens with one attached hydrogen (secondary N) is 1. The molecular formula is C14H17NO+. The molecule has 0 amide bonds. The summed E-state index contributed by atoms with van der Waals surface area (Å²) in [5, 5.41) is 0. The molecule has 3 rings (SSSR count). The molecule has 0 aliphatic carbocycles. The largest absolute Gasteiger partial charge is 0.378 e. The van der Waals surface area contributed by atoms with E-state index in [0.29, 0.717) is 12.0 Å². The molecule has 2 unspecified atom stereocenters. The molecule has 2 heterocycles. The molecule has 0 aromatic heterocycles. The molecule has 0 bridgehead atoms. The highest BCUT2D eigenvalue weighted by Crippen LogP contribution is 2.34. The van der Waals surface area contributed by atoms with Gasteiger partial charge in [-0.25, -0.2) is 4.99 Å². The van der Waals surface area contributed by atoms with Gasteiger partial charge in [-0.2, -0.15) is 0 Å². The third-order valence-electron chi connectivity index (χ3n) is 3.45. The summed E-state index contributed by atoms with van der Waals surface area (Å²) in [5.41, 5.74) is 3.85. The van der Waals surface area contributed by atoms with Crippen molar-refractivity contribution in [2.75, 3.05) is 6.61 Å². The summed E-state index contributed by atoms with van der Waals surface area (Å²) in [6, 6.07) is 8.54. The highest BCUT2D eigenvalue weighted by molar-refractivity contribution is 5.88. The highest BCUT2D eigenvalue weighted by atomic mass is 16.5. The fourth-order valence-corrected chi connectivity index (χ4v) is 2.71. The molecule has 2 aliphatic rings. The van der Waals surface area contributed by atoms with Crippen LogP contribution in [-0.4, -0.2) is 18.4 Å². The third kappa shape index (κ3) is 1.67. The van der Waals surface area contributed by atoms with E-state index in [0.717, 1.165) is 6.61 Å². The molecule has 2 nitrogen and oxygen atoms in total. The zero-order chi connectivity index (χ0) is 11.0. The van der Waals surface area contributed by atoms with Crippen molar-refractivity contribution in [2.45, 2.75) is 31.8 Å². The predicted octanol–water partition coefficient (Wildman–Crippen LogP) is 1.34. The quantitative estimate of drug-likeness (QED) is 0.750.